The molecule has 0 radical (unpaired) electrons. The van der Waals surface area contributed by atoms with Crippen molar-refractivity contribution in [1.82, 2.24) is 8.96 Å². The minimum absolute atomic E-state index is 0.109. The number of non-ortho nitro benzene ring substituents is 1. The summed E-state index contributed by atoms with van der Waals surface area (Å²) in [6.45, 7) is 7.33. The minimum atomic E-state index is -4.21. The van der Waals surface area contributed by atoms with Crippen LogP contribution in [0, 0.1) is 10.1 Å². The largest absolute Gasteiger partial charge is 0.497 e. The van der Waals surface area contributed by atoms with Crippen molar-refractivity contribution in [3.63, 3.8) is 0 Å². The summed E-state index contributed by atoms with van der Waals surface area (Å²) in [5.41, 5.74) is -1.44. The average Bonchev–Trinajstić information content (AvgIpc) is 3.24. The molecule has 4 rings (SSSR count). The van der Waals surface area contributed by atoms with E-state index in [2.05, 4.69) is 4.98 Å². The van der Waals surface area contributed by atoms with Gasteiger partial charge in [-0.15, -0.1) is 3.89 Å². The van der Waals surface area contributed by atoms with E-state index in [1.165, 1.54) is 18.5 Å². The lowest BCUT2D eigenvalue weighted by Crippen LogP contribution is -2.41. The molecule has 3 heterocycles. The van der Waals surface area contributed by atoms with Gasteiger partial charge in [0.05, 0.1) is 25.9 Å². The Balaban J connectivity index is 1.95. The summed E-state index contributed by atoms with van der Waals surface area (Å²) in [7, 11) is -5.25. The normalized spacial score (nSPS) is 17.7. The Morgan fingerprint density at radius 2 is 1.72 bits per heavy atom. The molecule has 1 fully saturated rings. The lowest BCUT2D eigenvalue weighted by Gasteiger charge is -2.32. The third kappa shape index (κ3) is 3.49. The molecule has 0 aliphatic carbocycles. The summed E-state index contributed by atoms with van der Waals surface area (Å²) in [6.07, 6.45) is 2.67. The van der Waals surface area contributed by atoms with Gasteiger partial charge in [-0.25, -0.2) is 17.4 Å². The first-order valence-electron chi connectivity index (χ1n) is 9.53. The quantitative estimate of drug-likeness (QED) is 0.311. The number of pyridine rings is 1. The molecular weight excluding hydrogens is 460 g/mol. The standard InChI is InChI=1S/C19H19BFN3O6S2/c1-18(2)19(3,4)30-20(29-18)15-11-22-17-14(9-10-23(17)31-21)16(15)32(27,28)13-7-5-12(6-8-13)24(25)26/h5-11H,1-4H3. The Morgan fingerprint density at radius 1 is 1.12 bits per heavy atom. The van der Waals surface area contributed by atoms with E-state index in [0.717, 1.165) is 28.2 Å². The van der Waals surface area contributed by atoms with Gasteiger partial charge in [-0.05, 0) is 45.9 Å². The zero-order chi connectivity index (χ0) is 23.5. The Morgan fingerprint density at radius 3 is 2.25 bits per heavy atom. The highest BCUT2D eigenvalue weighted by molar-refractivity contribution is 7.93. The van der Waals surface area contributed by atoms with Crippen LogP contribution in [0.2, 0.25) is 0 Å². The average molecular weight is 479 g/mol. The predicted molar refractivity (Wildman–Crippen MR) is 118 cm³/mol. The number of nitrogens with zero attached hydrogens (tertiary/aromatic N) is 3. The molecule has 9 nitrogen and oxygen atoms in total. The molecule has 168 valence electrons. The van der Waals surface area contributed by atoms with Crippen LogP contribution in [0.3, 0.4) is 0 Å². The van der Waals surface area contributed by atoms with Crippen molar-refractivity contribution in [2.45, 2.75) is 48.7 Å². The van der Waals surface area contributed by atoms with Gasteiger partial charge in [0, 0.05) is 35.4 Å². The molecule has 1 aliphatic heterocycles. The lowest BCUT2D eigenvalue weighted by atomic mass is 9.80. The van der Waals surface area contributed by atoms with Crippen LogP contribution in [-0.4, -0.2) is 40.6 Å². The molecular formula is C19H19BFN3O6S2. The summed E-state index contributed by atoms with van der Waals surface area (Å²) < 4.78 is 54.0. The van der Waals surface area contributed by atoms with E-state index in [9.17, 15) is 22.4 Å². The van der Waals surface area contributed by atoms with Gasteiger partial charge in [0.1, 0.15) is 0 Å². The van der Waals surface area contributed by atoms with E-state index >= 15 is 0 Å². The lowest BCUT2D eigenvalue weighted by molar-refractivity contribution is -0.384. The summed E-state index contributed by atoms with van der Waals surface area (Å²) in [6, 6.07) is 6.00. The third-order valence-corrected chi connectivity index (χ3v) is 8.20. The maximum absolute atomic E-state index is 13.7. The van der Waals surface area contributed by atoms with Gasteiger partial charge in [-0.1, -0.05) is 0 Å². The highest BCUT2D eigenvalue weighted by Gasteiger charge is 2.53. The fraction of sp³-hybridized carbons (Fsp3) is 0.316. The predicted octanol–water partition coefficient (Wildman–Crippen LogP) is 3.46. The molecule has 13 heteroatoms. The fourth-order valence-electron chi connectivity index (χ4n) is 3.41. The molecule has 2 aromatic heterocycles. The van der Waals surface area contributed by atoms with Crippen molar-refractivity contribution in [1.29, 1.82) is 0 Å². The van der Waals surface area contributed by atoms with Crippen LogP contribution >= 0.6 is 12.3 Å². The monoisotopic (exact) mass is 479 g/mol. The number of nitro benzene ring substituents is 1. The van der Waals surface area contributed by atoms with Crippen LogP contribution < -0.4 is 5.46 Å². The zero-order valence-electron chi connectivity index (χ0n) is 17.6. The first-order valence-corrected chi connectivity index (χ1v) is 11.7. The van der Waals surface area contributed by atoms with Crippen molar-refractivity contribution >= 4 is 51.5 Å². The van der Waals surface area contributed by atoms with Crippen molar-refractivity contribution in [2.24, 2.45) is 0 Å². The Hall–Kier alpha value is -2.48. The number of benzene rings is 1. The van der Waals surface area contributed by atoms with E-state index in [4.69, 9.17) is 9.31 Å². The summed E-state index contributed by atoms with van der Waals surface area (Å²) in [4.78, 5) is 14.3. The second kappa shape index (κ2) is 7.54. The number of sulfone groups is 1. The van der Waals surface area contributed by atoms with Crippen LogP contribution in [0.1, 0.15) is 27.7 Å². The van der Waals surface area contributed by atoms with Crippen LogP contribution in [0.25, 0.3) is 11.0 Å². The van der Waals surface area contributed by atoms with Gasteiger partial charge >= 0.3 is 7.12 Å². The van der Waals surface area contributed by atoms with Gasteiger partial charge in [0.25, 0.3) is 5.69 Å². The number of aromatic nitrogens is 2. The highest BCUT2D eigenvalue weighted by Crippen LogP contribution is 2.38. The van der Waals surface area contributed by atoms with Crippen molar-refractivity contribution < 1.29 is 26.5 Å². The summed E-state index contributed by atoms with van der Waals surface area (Å²) >= 11 is -0.115. The van der Waals surface area contributed by atoms with Crippen LogP contribution in [0.15, 0.2) is 52.5 Å². The number of nitro groups is 1. The number of halogens is 1. The fourth-order valence-corrected chi connectivity index (χ4v) is 5.37. The first kappa shape index (κ1) is 22.7. The van der Waals surface area contributed by atoms with Gasteiger partial charge < -0.3 is 9.31 Å². The second-order valence-electron chi connectivity index (χ2n) is 8.33. The van der Waals surface area contributed by atoms with Gasteiger partial charge in [-0.2, -0.15) is 0 Å². The molecule has 0 bridgehead atoms. The zero-order valence-corrected chi connectivity index (χ0v) is 19.2. The first-order chi connectivity index (χ1) is 14.9. The van der Waals surface area contributed by atoms with E-state index < -0.39 is 33.1 Å². The third-order valence-electron chi connectivity index (χ3n) is 5.87. The van der Waals surface area contributed by atoms with Crippen molar-refractivity contribution in [3.8, 4) is 0 Å². The Labute approximate surface area is 188 Å². The molecule has 0 atom stereocenters. The highest BCUT2D eigenvalue weighted by atomic mass is 32.2. The van der Waals surface area contributed by atoms with Crippen molar-refractivity contribution in [2.75, 3.05) is 0 Å². The molecule has 32 heavy (non-hydrogen) atoms. The van der Waals surface area contributed by atoms with Crippen LogP contribution in [0.5, 0.6) is 0 Å². The topological polar surface area (TPSA) is 114 Å². The minimum Gasteiger partial charge on any atom is -0.399 e. The number of rotatable bonds is 5. The van der Waals surface area contributed by atoms with Gasteiger partial charge in [0.2, 0.25) is 9.84 Å². The Kier molecular flexibility index (Phi) is 5.35. The van der Waals surface area contributed by atoms with Crippen molar-refractivity contribution in [3.05, 3.63) is 52.8 Å². The van der Waals surface area contributed by atoms with Crippen LogP contribution in [-0.2, 0) is 19.1 Å². The van der Waals surface area contributed by atoms with E-state index in [1.54, 1.807) is 0 Å². The second-order valence-corrected chi connectivity index (χ2v) is 10.8. The molecule has 0 amide bonds. The smallest absolute Gasteiger partial charge is 0.399 e. The van der Waals surface area contributed by atoms with Gasteiger partial charge in [0.15, 0.2) is 18.0 Å². The molecule has 0 saturated carbocycles. The SMILES string of the molecule is CC1(C)OB(c2cnc3c(ccn3SF)c2S(=O)(=O)c2ccc([N+](=O)[O-])cc2)OC1(C)C. The Bertz CT molecular complexity index is 1310. The van der Waals surface area contributed by atoms with E-state index in [-0.39, 0.29) is 44.3 Å². The molecule has 0 spiro atoms. The maximum atomic E-state index is 13.7. The molecule has 3 aromatic rings. The number of fused-ring (bicyclic) bond motifs is 1. The van der Waals surface area contributed by atoms with Gasteiger partial charge in [-0.3, -0.25) is 10.1 Å². The van der Waals surface area contributed by atoms with E-state index in [0.29, 0.717) is 0 Å². The molecule has 0 unspecified atom stereocenters. The van der Waals surface area contributed by atoms with E-state index in [1.807, 2.05) is 27.7 Å². The molecule has 1 aliphatic rings. The summed E-state index contributed by atoms with van der Waals surface area (Å²) in [5.74, 6) is 0. The molecule has 1 saturated heterocycles. The maximum Gasteiger partial charge on any atom is 0.497 e. The van der Waals surface area contributed by atoms with Crippen LogP contribution in [0.4, 0.5) is 9.57 Å². The number of hydrogen-bond acceptors (Lipinski definition) is 8. The summed E-state index contributed by atoms with van der Waals surface area (Å²) in [5, 5.41) is 11.1. The molecule has 0 N–H and O–H groups in total. The molecule has 1 aromatic carbocycles. The number of hydrogen-bond donors (Lipinski definition) is 0.